The van der Waals surface area contributed by atoms with Crippen LogP contribution in [-0.4, -0.2) is 4.57 Å². The highest BCUT2D eigenvalue weighted by atomic mass is 32.1. The number of rotatable bonds is 2. The molecule has 0 spiro atoms. The highest BCUT2D eigenvalue weighted by Gasteiger charge is 2.19. The lowest BCUT2D eigenvalue weighted by atomic mass is 9.98. The van der Waals surface area contributed by atoms with E-state index in [1.807, 2.05) is 23.5 Å². The van der Waals surface area contributed by atoms with Gasteiger partial charge in [0.25, 0.3) is 0 Å². The maximum atomic E-state index is 10.1. The summed E-state index contributed by atoms with van der Waals surface area (Å²) >= 11 is 1.82. The van der Waals surface area contributed by atoms with Crippen LogP contribution in [0.4, 0.5) is 0 Å². The summed E-state index contributed by atoms with van der Waals surface area (Å²) in [5, 5.41) is 15.1. The van der Waals surface area contributed by atoms with Crippen LogP contribution in [0.3, 0.4) is 0 Å². The van der Waals surface area contributed by atoms with Crippen molar-refractivity contribution in [2.45, 2.75) is 0 Å². The maximum absolute atomic E-state index is 10.1. The molecule has 0 bridgehead atoms. The van der Waals surface area contributed by atoms with E-state index in [1.54, 1.807) is 0 Å². The first-order chi connectivity index (χ1) is 16.8. The van der Waals surface area contributed by atoms with Crippen molar-refractivity contribution >= 4 is 53.3 Å². The molecule has 0 saturated heterocycles. The molecule has 0 aliphatic rings. The lowest BCUT2D eigenvalue weighted by molar-refractivity contribution is 1.17. The second-order valence-electron chi connectivity index (χ2n) is 8.49. The Morgan fingerprint density at radius 3 is 1.97 bits per heavy atom. The number of aromatic nitrogens is 1. The van der Waals surface area contributed by atoms with Crippen molar-refractivity contribution in [3.05, 3.63) is 115 Å². The highest BCUT2D eigenvalue weighted by molar-refractivity contribution is 7.25. The van der Waals surface area contributed by atoms with Crippen LogP contribution >= 0.6 is 11.3 Å². The minimum atomic E-state index is 0.667. The van der Waals surface area contributed by atoms with Gasteiger partial charge in [-0.2, -0.15) is 5.26 Å². The third kappa shape index (κ3) is 2.67. The van der Waals surface area contributed by atoms with E-state index >= 15 is 0 Å². The molecule has 0 fully saturated rings. The third-order valence-electron chi connectivity index (χ3n) is 6.65. The van der Waals surface area contributed by atoms with Gasteiger partial charge in [-0.05, 0) is 35.9 Å². The fourth-order valence-corrected chi connectivity index (χ4v) is 6.31. The van der Waals surface area contributed by atoms with Crippen molar-refractivity contribution in [1.82, 2.24) is 4.57 Å². The molecular formula is C31H18N2S. The summed E-state index contributed by atoms with van der Waals surface area (Å²) in [6.07, 6.45) is 0. The zero-order valence-corrected chi connectivity index (χ0v) is 19.0. The second kappa shape index (κ2) is 7.31. The van der Waals surface area contributed by atoms with Crippen LogP contribution in [0.1, 0.15) is 5.56 Å². The second-order valence-corrected chi connectivity index (χ2v) is 9.58. The number of hydrogen-bond donors (Lipinski definition) is 0. The number of hydrogen-bond acceptors (Lipinski definition) is 2. The summed E-state index contributed by atoms with van der Waals surface area (Å²) in [4.78, 5) is 0. The third-order valence-corrected chi connectivity index (χ3v) is 7.78. The van der Waals surface area contributed by atoms with Gasteiger partial charge in [-0.3, -0.25) is 0 Å². The van der Waals surface area contributed by atoms with Crippen molar-refractivity contribution < 1.29 is 0 Å². The van der Waals surface area contributed by atoms with Crippen molar-refractivity contribution in [3.8, 4) is 22.9 Å². The van der Waals surface area contributed by atoms with Gasteiger partial charge in [-0.1, -0.05) is 78.9 Å². The predicted molar refractivity (Wildman–Crippen MR) is 144 cm³/mol. The number of thiophene rings is 1. The molecule has 0 N–H and O–H groups in total. The van der Waals surface area contributed by atoms with E-state index in [2.05, 4.69) is 108 Å². The van der Waals surface area contributed by atoms with Crippen LogP contribution in [0.25, 0.3) is 58.8 Å². The van der Waals surface area contributed by atoms with Crippen LogP contribution in [0.15, 0.2) is 109 Å². The van der Waals surface area contributed by atoms with E-state index < -0.39 is 0 Å². The van der Waals surface area contributed by atoms with Gasteiger partial charge in [0, 0.05) is 36.5 Å². The Bertz CT molecular complexity index is 1880. The first-order valence-corrected chi connectivity index (χ1v) is 12.1. The molecule has 5 aromatic carbocycles. The monoisotopic (exact) mass is 450 g/mol. The van der Waals surface area contributed by atoms with Crippen LogP contribution in [0.5, 0.6) is 0 Å². The molecule has 0 aliphatic carbocycles. The quantitative estimate of drug-likeness (QED) is 0.259. The van der Waals surface area contributed by atoms with Crippen LogP contribution < -0.4 is 0 Å². The van der Waals surface area contributed by atoms with Gasteiger partial charge in [0.15, 0.2) is 0 Å². The zero-order valence-electron chi connectivity index (χ0n) is 18.2. The molecule has 7 rings (SSSR count). The molecule has 7 aromatic rings. The van der Waals surface area contributed by atoms with Gasteiger partial charge in [-0.15, -0.1) is 11.3 Å². The summed E-state index contributed by atoms with van der Waals surface area (Å²) in [5.74, 6) is 0. The SMILES string of the molecule is N#Cc1cccc(-c2ccc3c(c2)sc2ccccc23)c1-n1c2ccccc2c2ccccc21. The van der Waals surface area contributed by atoms with Crippen LogP contribution in [0, 0.1) is 11.3 Å². The Kier molecular flexibility index (Phi) is 4.11. The van der Waals surface area contributed by atoms with Crippen LogP contribution in [-0.2, 0) is 0 Å². The molecule has 2 heterocycles. The molecule has 0 radical (unpaired) electrons. The van der Waals surface area contributed by atoms with Crippen molar-refractivity contribution in [3.63, 3.8) is 0 Å². The Morgan fingerprint density at radius 1 is 0.588 bits per heavy atom. The van der Waals surface area contributed by atoms with Crippen molar-refractivity contribution in [2.75, 3.05) is 0 Å². The first kappa shape index (κ1) is 19.1. The Hall–Kier alpha value is -4.39. The number of nitrogens with zero attached hydrogens (tertiary/aromatic N) is 2. The minimum Gasteiger partial charge on any atom is -0.307 e. The fourth-order valence-electron chi connectivity index (χ4n) is 5.16. The maximum Gasteiger partial charge on any atom is 0.101 e. The normalized spacial score (nSPS) is 11.5. The van der Waals surface area contributed by atoms with Gasteiger partial charge >= 0.3 is 0 Å². The van der Waals surface area contributed by atoms with E-state index in [1.165, 1.54) is 30.9 Å². The molecule has 0 amide bonds. The van der Waals surface area contributed by atoms with Gasteiger partial charge in [-0.25, -0.2) is 0 Å². The molecular weight excluding hydrogens is 432 g/mol. The standard InChI is InChI=1S/C31H18N2S/c32-19-21-8-7-12-22(20-16-17-26-25-11-3-6-15-29(25)34-30(26)18-20)31(21)33-27-13-4-1-9-23(27)24-10-2-5-14-28(24)33/h1-18H. The molecule has 0 aliphatic heterocycles. The largest absolute Gasteiger partial charge is 0.307 e. The van der Waals surface area contributed by atoms with Gasteiger partial charge in [0.05, 0.1) is 22.3 Å². The van der Waals surface area contributed by atoms with Crippen LogP contribution in [0.2, 0.25) is 0 Å². The van der Waals surface area contributed by atoms with Gasteiger partial charge < -0.3 is 4.57 Å². The summed E-state index contributed by atoms with van der Waals surface area (Å²) in [6, 6.07) is 40.6. The average Bonchev–Trinajstić information content (AvgIpc) is 3.43. The Labute approximate surface area is 200 Å². The number of para-hydroxylation sites is 3. The van der Waals surface area contributed by atoms with Gasteiger partial charge in [0.2, 0.25) is 0 Å². The smallest absolute Gasteiger partial charge is 0.101 e. The highest BCUT2D eigenvalue weighted by Crippen LogP contribution is 2.40. The zero-order chi connectivity index (χ0) is 22.6. The lowest BCUT2D eigenvalue weighted by Gasteiger charge is -2.16. The van der Waals surface area contributed by atoms with E-state index in [0.717, 1.165) is 27.8 Å². The molecule has 3 heteroatoms. The first-order valence-electron chi connectivity index (χ1n) is 11.3. The molecule has 2 aromatic heterocycles. The molecule has 2 nitrogen and oxygen atoms in total. The van der Waals surface area contributed by atoms with Crippen molar-refractivity contribution in [2.24, 2.45) is 0 Å². The molecule has 158 valence electrons. The van der Waals surface area contributed by atoms with E-state index in [9.17, 15) is 5.26 Å². The van der Waals surface area contributed by atoms with E-state index in [-0.39, 0.29) is 0 Å². The average molecular weight is 451 g/mol. The molecule has 0 saturated carbocycles. The molecule has 0 unspecified atom stereocenters. The summed E-state index contributed by atoms with van der Waals surface area (Å²) in [7, 11) is 0. The van der Waals surface area contributed by atoms with Gasteiger partial charge in [0.1, 0.15) is 6.07 Å². The summed E-state index contributed by atoms with van der Waals surface area (Å²) in [6.45, 7) is 0. The van der Waals surface area contributed by atoms with Crippen molar-refractivity contribution in [1.29, 1.82) is 5.26 Å². The Balaban J connectivity index is 1.58. The lowest BCUT2D eigenvalue weighted by Crippen LogP contribution is -2.00. The van der Waals surface area contributed by atoms with E-state index in [0.29, 0.717) is 5.56 Å². The fraction of sp³-hybridized carbons (Fsp3) is 0. The predicted octanol–water partition coefficient (Wildman–Crippen LogP) is 8.69. The Morgan fingerprint density at radius 2 is 1.24 bits per heavy atom. The van der Waals surface area contributed by atoms with E-state index in [4.69, 9.17) is 0 Å². The number of nitriles is 1. The number of benzene rings is 5. The summed E-state index contributed by atoms with van der Waals surface area (Å²) < 4.78 is 4.81. The molecule has 0 atom stereocenters. The number of fused-ring (bicyclic) bond motifs is 6. The minimum absolute atomic E-state index is 0.667. The molecule has 34 heavy (non-hydrogen) atoms. The summed E-state index contributed by atoms with van der Waals surface area (Å²) in [5.41, 5.74) is 5.99. The topological polar surface area (TPSA) is 28.7 Å².